The number of carbonyl (C=O) groups is 2. The minimum atomic E-state index is -3.73. The van der Waals surface area contributed by atoms with Gasteiger partial charge in [0.2, 0.25) is 10.0 Å². The molecule has 7 nitrogen and oxygen atoms in total. The predicted octanol–water partition coefficient (Wildman–Crippen LogP) is 2.92. The van der Waals surface area contributed by atoms with Crippen molar-refractivity contribution in [3.63, 3.8) is 0 Å². The topological polar surface area (TPSA) is 98.8 Å². The van der Waals surface area contributed by atoms with Crippen molar-refractivity contribution in [1.29, 1.82) is 0 Å². The minimum Gasteiger partial charge on any atom is -0.495 e. The van der Waals surface area contributed by atoms with E-state index in [-0.39, 0.29) is 23.0 Å². The molecular formula is C23H25NO6S. The number of fused-ring (bicyclic) bond motifs is 1. The maximum Gasteiger partial charge on any atom is 0.331 e. The quantitative estimate of drug-likeness (QED) is 0.383. The molecular weight excluding hydrogens is 418 g/mol. The molecule has 1 aliphatic rings. The van der Waals surface area contributed by atoms with Crippen LogP contribution in [0, 0.1) is 0 Å². The molecule has 0 unspecified atom stereocenters. The Hall–Kier alpha value is -2.97. The Bertz CT molecular complexity index is 1120. The van der Waals surface area contributed by atoms with E-state index in [1.54, 1.807) is 12.1 Å². The molecule has 8 heteroatoms. The lowest BCUT2D eigenvalue weighted by Crippen LogP contribution is -2.19. The number of hydrogen-bond acceptors (Lipinski definition) is 6. The van der Waals surface area contributed by atoms with Gasteiger partial charge in [-0.05, 0) is 73.7 Å². The summed E-state index contributed by atoms with van der Waals surface area (Å²) in [6.07, 6.45) is 6.85. The fourth-order valence-corrected chi connectivity index (χ4v) is 4.38. The van der Waals surface area contributed by atoms with Gasteiger partial charge >= 0.3 is 5.97 Å². The first kappa shape index (κ1) is 22.7. The van der Waals surface area contributed by atoms with E-state index in [1.807, 2.05) is 12.1 Å². The predicted molar refractivity (Wildman–Crippen MR) is 117 cm³/mol. The average molecular weight is 444 g/mol. The van der Waals surface area contributed by atoms with Crippen molar-refractivity contribution in [2.75, 3.05) is 20.8 Å². The number of ether oxygens (including phenoxy) is 2. The number of esters is 1. The van der Waals surface area contributed by atoms with Gasteiger partial charge in [0, 0.05) is 11.6 Å². The number of sulfonamides is 1. The van der Waals surface area contributed by atoms with Crippen LogP contribution < -0.4 is 9.46 Å². The first-order valence-electron chi connectivity index (χ1n) is 9.95. The van der Waals surface area contributed by atoms with Crippen molar-refractivity contribution >= 4 is 27.9 Å². The smallest absolute Gasteiger partial charge is 0.331 e. The van der Waals surface area contributed by atoms with Gasteiger partial charge in [-0.25, -0.2) is 17.9 Å². The maximum absolute atomic E-state index is 12.4. The second kappa shape index (κ2) is 9.89. The number of nitrogens with one attached hydrogen (secondary N) is 1. The highest BCUT2D eigenvalue weighted by atomic mass is 32.2. The molecule has 1 N–H and O–H groups in total. The summed E-state index contributed by atoms with van der Waals surface area (Å²) in [7, 11) is -1.06. The van der Waals surface area contributed by atoms with E-state index >= 15 is 0 Å². The van der Waals surface area contributed by atoms with E-state index < -0.39 is 16.0 Å². The van der Waals surface area contributed by atoms with Gasteiger partial charge in [-0.2, -0.15) is 0 Å². The van der Waals surface area contributed by atoms with Crippen LogP contribution >= 0.6 is 0 Å². The van der Waals surface area contributed by atoms with Crippen molar-refractivity contribution in [3.8, 4) is 5.75 Å². The standard InChI is InChI=1S/C23H25NO6S/c1-24-31(27,28)22-13-16(7-11-21(22)29-2)8-12-23(26)30-15-20(25)19-10-9-17-5-3-4-6-18(17)14-19/h7-14,24H,3-6,15H2,1-2H3/b12-8+. The molecule has 1 aliphatic carbocycles. The average Bonchev–Trinajstić information content (AvgIpc) is 2.80. The maximum atomic E-state index is 12.4. The largest absolute Gasteiger partial charge is 0.495 e. The Balaban J connectivity index is 1.63. The number of aryl methyl sites for hydroxylation is 2. The van der Waals surface area contributed by atoms with Gasteiger partial charge < -0.3 is 9.47 Å². The monoisotopic (exact) mass is 443 g/mol. The third-order valence-electron chi connectivity index (χ3n) is 5.17. The Morgan fingerprint density at radius 1 is 1.06 bits per heavy atom. The van der Waals surface area contributed by atoms with Crippen LogP contribution in [-0.4, -0.2) is 40.9 Å². The summed E-state index contributed by atoms with van der Waals surface area (Å²) in [4.78, 5) is 24.4. The minimum absolute atomic E-state index is 0.0457. The van der Waals surface area contributed by atoms with E-state index in [9.17, 15) is 18.0 Å². The molecule has 0 saturated heterocycles. The first-order valence-corrected chi connectivity index (χ1v) is 11.4. The molecule has 2 aromatic carbocycles. The molecule has 0 radical (unpaired) electrons. The Kier molecular flexibility index (Phi) is 7.25. The number of benzene rings is 2. The Labute approximate surface area is 182 Å². The normalized spacial score (nSPS) is 13.6. The second-order valence-electron chi connectivity index (χ2n) is 7.17. The highest BCUT2D eigenvalue weighted by Crippen LogP contribution is 2.25. The molecule has 0 aromatic heterocycles. The summed E-state index contributed by atoms with van der Waals surface area (Å²) in [5, 5.41) is 0. The van der Waals surface area contributed by atoms with E-state index in [1.165, 1.54) is 49.9 Å². The molecule has 0 heterocycles. The lowest BCUT2D eigenvalue weighted by atomic mass is 9.90. The summed E-state index contributed by atoms with van der Waals surface area (Å²) < 4.78 is 36.6. The number of Topliss-reactive ketones (excluding diaryl/α,β-unsaturated/α-hetero) is 1. The van der Waals surface area contributed by atoms with Crippen molar-refractivity contribution < 1.29 is 27.5 Å². The third kappa shape index (κ3) is 5.59. The number of carbonyl (C=O) groups excluding carboxylic acids is 2. The van der Waals surface area contributed by atoms with Crippen LogP contribution in [-0.2, 0) is 32.4 Å². The fourth-order valence-electron chi connectivity index (χ4n) is 3.46. The summed E-state index contributed by atoms with van der Waals surface area (Å²) >= 11 is 0. The van der Waals surface area contributed by atoms with E-state index in [0.29, 0.717) is 11.1 Å². The highest BCUT2D eigenvalue weighted by Gasteiger charge is 2.18. The molecule has 0 atom stereocenters. The Morgan fingerprint density at radius 3 is 2.52 bits per heavy atom. The van der Waals surface area contributed by atoms with Crippen LogP contribution in [0.1, 0.15) is 39.9 Å². The molecule has 0 amide bonds. The zero-order valence-electron chi connectivity index (χ0n) is 17.5. The number of hydrogen-bond donors (Lipinski definition) is 1. The van der Waals surface area contributed by atoms with Gasteiger partial charge in [0.05, 0.1) is 7.11 Å². The SMILES string of the molecule is CNS(=O)(=O)c1cc(/C=C/C(=O)OCC(=O)c2ccc3c(c2)CCCC3)ccc1OC. The van der Waals surface area contributed by atoms with E-state index in [0.717, 1.165) is 25.3 Å². The van der Waals surface area contributed by atoms with Gasteiger partial charge in [-0.3, -0.25) is 4.79 Å². The van der Waals surface area contributed by atoms with Gasteiger partial charge in [-0.15, -0.1) is 0 Å². The lowest BCUT2D eigenvalue weighted by Gasteiger charge is -2.16. The van der Waals surface area contributed by atoms with Crippen LogP contribution in [0.5, 0.6) is 5.75 Å². The van der Waals surface area contributed by atoms with Crippen molar-refractivity contribution in [2.24, 2.45) is 0 Å². The molecule has 31 heavy (non-hydrogen) atoms. The van der Waals surface area contributed by atoms with Crippen LogP contribution in [0.15, 0.2) is 47.4 Å². The summed E-state index contributed by atoms with van der Waals surface area (Å²) in [6, 6.07) is 10.1. The second-order valence-corrected chi connectivity index (χ2v) is 9.03. The molecule has 3 rings (SSSR count). The molecule has 0 aliphatic heterocycles. The highest BCUT2D eigenvalue weighted by molar-refractivity contribution is 7.89. The number of rotatable bonds is 8. The molecule has 2 aromatic rings. The van der Waals surface area contributed by atoms with Crippen LogP contribution in [0.4, 0.5) is 0 Å². The van der Waals surface area contributed by atoms with Gasteiger partial charge in [0.25, 0.3) is 0 Å². The van der Waals surface area contributed by atoms with Crippen molar-refractivity contribution in [2.45, 2.75) is 30.6 Å². The fraction of sp³-hybridized carbons (Fsp3) is 0.304. The van der Waals surface area contributed by atoms with Crippen LogP contribution in [0.25, 0.3) is 6.08 Å². The zero-order chi connectivity index (χ0) is 22.4. The lowest BCUT2D eigenvalue weighted by molar-refractivity contribution is -0.136. The molecule has 0 fully saturated rings. The molecule has 164 valence electrons. The van der Waals surface area contributed by atoms with Crippen LogP contribution in [0.3, 0.4) is 0 Å². The van der Waals surface area contributed by atoms with Crippen molar-refractivity contribution in [1.82, 2.24) is 4.72 Å². The van der Waals surface area contributed by atoms with Gasteiger partial charge in [-0.1, -0.05) is 18.2 Å². The van der Waals surface area contributed by atoms with Crippen molar-refractivity contribution in [3.05, 3.63) is 64.7 Å². The number of ketones is 1. The summed E-state index contributed by atoms with van der Waals surface area (Å²) in [6.45, 7) is -0.357. The molecule has 0 saturated carbocycles. The van der Waals surface area contributed by atoms with E-state index in [4.69, 9.17) is 9.47 Å². The van der Waals surface area contributed by atoms with E-state index in [2.05, 4.69) is 4.72 Å². The van der Waals surface area contributed by atoms with Crippen LogP contribution in [0.2, 0.25) is 0 Å². The first-order chi connectivity index (χ1) is 14.8. The third-order valence-corrected chi connectivity index (χ3v) is 6.61. The summed E-state index contributed by atoms with van der Waals surface area (Å²) in [5.41, 5.74) is 3.47. The molecule has 0 bridgehead atoms. The summed E-state index contributed by atoms with van der Waals surface area (Å²) in [5.74, 6) is -0.771. The molecule has 0 spiro atoms. The van der Waals surface area contributed by atoms with Gasteiger partial charge in [0.1, 0.15) is 10.6 Å². The Morgan fingerprint density at radius 2 is 1.81 bits per heavy atom. The number of methoxy groups -OCH3 is 1. The zero-order valence-corrected chi connectivity index (χ0v) is 18.3. The van der Waals surface area contributed by atoms with Gasteiger partial charge in [0.15, 0.2) is 12.4 Å².